The van der Waals surface area contributed by atoms with Gasteiger partial charge in [0.2, 0.25) is 0 Å². The molecule has 1 fully saturated rings. The first kappa shape index (κ1) is 18.5. The van der Waals surface area contributed by atoms with Crippen molar-refractivity contribution in [3.63, 3.8) is 0 Å². The SMILES string of the molecule is COc1ccc(CN2CCOC(Cc3cccc(C(C)C)c3)C2=O)cc1. The highest BCUT2D eigenvalue weighted by Gasteiger charge is 2.29. The molecule has 3 rings (SSSR count). The fourth-order valence-corrected chi connectivity index (χ4v) is 3.24. The zero-order chi connectivity index (χ0) is 18.5. The summed E-state index contributed by atoms with van der Waals surface area (Å²) in [7, 11) is 1.65. The Hall–Kier alpha value is -2.33. The van der Waals surface area contributed by atoms with E-state index < -0.39 is 6.10 Å². The van der Waals surface area contributed by atoms with E-state index in [0.29, 0.717) is 32.0 Å². The van der Waals surface area contributed by atoms with Crippen molar-refractivity contribution in [1.82, 2.24) is 4.90 Å². The van der Waals surface area contributed by atoms with Gasteiger partial charge < -0.3 is 14.4 Å². The molecule has 4 nitrogen and oxygen atoms in total. The van der Waals surface area contributed by atoms with E-state index in [1.165, 1.54) is 5.56 Å². The maximum absolute atomic E-state index is 12.9. The molecule has 1 atom stereocenters. The van der Waals surface area contributed by atoms with Crippen molar-refractivity contribution in [1.29, 1.82) is 0 Å². The third kappa shape index (κ3) is 4.44. The number of carbonyl (C=O) groups excluding carboxylic acids is 1. The minimum atomic E-state index is -0.399. The number of hydrogen-bond acceptors (Lipinski definition) is 3. The summed E-state index contributed by atoms with van der Waals surface area (Å²) in [5.74, 6) is 1.37. The largest absolute Gasteiger partial charge is 0.497 e. The fraction of sp³-hybridized carbons (Fsp3) is 0.409. The van der Waals surface area contributed by atoms with Crippen LogP contribution in [0, 0.1) is 0 Å². The quantitative estimate of drug-likeness (QED) is 0.793. The Kier molecular flexibility index (Phi) is 5.94. The molecule has 0 N–H and O–H groups in total. The Morgan fingerprint density at radius 2 is 1.92 bits per heavy atom. The van der Waals surface area contributed by atoms with Crippen molar-refractivity contribution < 1.29 is 14.3 Å². The molecule has 2 aromatic rings. The Bertz CT molecular complexity index is 739. The van der Waals surface area contributed by atoms with Crippen LogP contribution in [0.25, 0.3) is 0 Å². The van der Waals surface area contributed by atoms with Gasteiger partial charge in [-0.3, -0.25) is 4.79 Å². The maximum atomic E-state index is 12.9. The van der Waals surface area contributed by atoms with E-state index in [-0.39, 0.29) is 5.91 Å². The average Bonchev–Trinajstić information content (AvgIpc) is 2.66. The molecule has 1 unspecified atom stereocenters. The first-order chi connectivity index (χ1) is 12.6. The summed E-state index contributed by atoms with van der Waals surface area (Å²) in [5.41, 5.74) is 3.54. The van der Waals surface area contributed by atoms with Gasteiger partial charge in [0.1, 0.15) is 11.9 Å². The molecule has 1 saturated heterocycles. The molecular formula is C22H27NO3. The summed E-state index contributed by atoms with van der Waals surface area (Å²) < 4.78 is 11.0. The van der Waals surface area contributed by atoms with Gasteiger partial charge in [0.05, 0.1) is 13.7 Å². The first-order valence-electron chi connectivity index (χ1n) is 9.19. The second kappa shape index (κ2) is 8.37. The minimum Gasteiger partial charge on any atom is -0.497 e. The summed E-state index contributed by atoms with van der Waals surface area (Å²) in [6, 6.07) is 16.3. The van der Waals surface area contributed by atoms with Crippen LogP contribution in [-0.2, 0) is 22.5 Å². The van der Waals surface area contributed by atoms with Gasteiger partial charge in [-0.05, 0) is 34.7 Å². The molecule has 1 amide bonds. The number of nitrogens with zero attached hydrogens (tertiary/aromatic N) is 1. The van der Waals surface area contributed by atoms with Gasteiger partial charge in [-0.1, -0.05) is 50.2 Å². The predicted molar refractivity (Wildman–Crippen MR) is 102 cm³/mol. The molecule has 1 aliphatic rings. The van der Waals surface area contributed by atoms with Gasteiger partial charge in [-0.2, -0.15) is 0 Å². The molecule has 0 bridgehead atoms. The lowest BCUT2D eigenvalue weighted by atomic mass is 9.98. The molecule has 26 heavy (non-hydrogen) atoms. The second-order valence-electron chi connectivity index (χ2n) is 7.07. The number of methoxy groups -OCH3 is 1. The number of benzene rings is 2. The van der Waals surface area contributed by atoms with Crippen LogP contribution in [0.15, 0.2) is 48.5 Å². The van der Waals surface area contributed by atoms with Crippen molar-refractivity contribution in [2.45, 2.75) is 38.8 Å². The molecule has 0 spiro atoms. The van der Waals surface area contributed by atoms with Gasteiger partial charge in [-0.15, -0.1) is 0 Å². The molecule has 2 aromatic carbocycles. The molecular weight excluding hydrogens is 326 g/mol. The van der Waals surface area contributed by atoms with Crippen LogP contribution in [-0.4, -0.2) is 37.2 Å². The van der Waals surface area contributed by atoms with E-state index in [0.717, 1.165) is 16.9 Å². The van der Waals surface area contributed by atoms with Crippen LogP contribution in [0.1, 0.15) is 36.5 Å². The monoisotopic (exact) mass is 353 g/mol. The average molecular weight is 353 g/mol. The highest BCUT2D eigenvalue weighted by Crippen LogP contribution is 2.20. The summed E-state index contributed by atoms with van der Waals surface area (Å²) >= 11 is 0. The Balaban J connectivity index is 1.66. The highest BCUT2D eigenvalue weighted by molar-refractivity contribution is 5.81. The number of rotatable bonds is 6. The Morgan fingerprint density at radius 3 is 2.62 bits per heavy atom. The van der Waals surface area contributed by atoms with Crippen molar-refractivity contribution in [2.24, 2.45) is 0 Å². The molecule has 0 saturated carbocycles. The maximum Gasteiger partial charge on any atom is 0.252 e. The standard InChI is InChI=1S/C22H27NO3/c1-16(2)19-6-4-5-18(13-19)14-21-22(24)23(11-12-26-21)15-17-7-9-20(25-3)10-8-17/h4-10,13,16,21H,11-12,14-15H2,1-3H3. The summed E-state index contributed by atoms with van der Waals surface area (Å²) in [6.45, 7) is 6.18. The lowest BCUT2D eigenvalue weighted by Gasteiger charge is -2.32. The third-order valence-electron chi connectivity index (χ3n) is 4.84. The number of hydrogen-bond donors (Lipinski definition) is 0. The van der Waals surface area contributed by atoms with Crippen LogP contribution in [0.2, 0.25) is 0 Å². The Labute approximate surface area is 155 Å². The van der Waals surface area contributed by atoms with Gasteiger partial charge in [0, 0.05) is 19.5 Å². The van der Waals surface area contributed by atoms with Crippen LogP contribution in [0.3, 0.4) is 0 Å². The lowest BCUT2D eigenvalue weighted by Crippen LogP contribution is -2.48. The molecule has 0 radical (unpaired) electrons. The summed E-state index contributed by atoms with van der Waals surface area (Å²) in [4.78, 5) is 14.7. The van der Waals surface area contributed by atoms with E-state index in [1.807, 2.05) is 29.2 Å². The molecule has 138 valence electrons. The number of amides is 1. The van der Waals surface area contributed by atoms with E-state index in [1.54, 1.807) is 7.11 Å². The summed E-state index contributed by atoms with van der Waals surface area (Å²) in [6.07, 6.45) is 0.225. The minimum absolute atomic E-state index is 0.0713. The van der Waals surface area contributed by atoms with Crippen LogP contribution in [0.5, 0.6) is 5.75 Å². The van der Waals surface area contributed by atoms with Crippen molar-refractivity contribution in [3.8, 4) is 5.75 Å². The topological polar surface area (TPSA) is 38.8 Å². The molecule has 1 heterocycles. The van der Waals surface area contributed by atoms with Gasteiger partial charge in [0.15, 0.2) is 0 Å². The number of ether oxygens (including phenoxy) is 2. The van der Waals surface area contributed by atoms with Crippen LogP contribution < -0.4 is 4.74 Å². The van der Waals surface area contributed by atoms with E-state index in [2.05, 4.69) is 38.1 Å². The van der Waals surface area contributed by atoms with Crippen molar-refractivity contribution >= 4 is 5.91 Å². The van der Waals surface area contributed by atoms with Crippen LogP contribution >= 0.6 is 0 Å². The molecule has 4 heteroatoms. The van der Waals surface area contributed by atoms with Crippen LogP contribution in [0.4, 0.5) is 0 Å². The van der Waals surface area contributed by atoms with Crippen molar-refractivity contribution in [2.75, 3.05) is 20.3 Å². The molecule has 0 aromatic heterocycles. The first-order valence-corrected chi connectivity index (χ1v) is 9.19. The fourth-order valence-electron chi connectivity index (χ4n) is 3.24. The van der Waals surface area contributed by atoms with Gasteiger partial charge >= 0.3 is 0 Å². The van der Waals surface area contributed by atoms with E-state index in [4.69, 9.17) is 9.47 Å². The smallest absolute Gasteiger partial charge is 0.252 e. The third-order valence-corrected chi connectivity index (χ3v) is 4.84. The van der Waals surface area contributed by atoms with E-state index >= 15 is 0 Å². The van der Waals surface area contributed by atoms with Crippen molar-refractivity contribution in [3.05, 3.63) is 65.2 Å². The number of morpholine rings is 1. The van der Waals surface area contributed by atoms with E-state index in [9.17, 15) is 4.79 Å². The van der Waals surface area contributed by atoms with Gasteiger partial charge in [0.25, 0.3) is 5.91 Å². The Morgan fingerprint density at radius 1 is 1.15 bits per heavy atom. The molecule has 0 aliphatic carbocycles. The summed E-state index contributed by atoms with van der Waals surface area (Å²) in [5, 5.41) is 0. The lowest BCUT2D eigenvalue weighted by molar-refractivity contribution is -0.153. The second-order valence-corrected chi connectivity index (χ2v) is 7.07. The zero-order valence-electron chi connectivity index (χ0n) is 15.8. The highest BCUT2D eigenvalue weighted by atomic mass is 16.5. The van der Waals surface area contributed by atoms with Gasteiger partial charge in [-0.25, -0.2) is 0 Å². The predicted octanol–water partition coefficient (Wildman–Crippen LogP) is 3.79. The normalized spacial score (nSPS) is 17.6. The number of carbonyl (C=O) groups is 1. The molecule has 1 aliphatic heterocycles. The zero-order valence-corrected chi connectivity index (χ0v) is 15.8.